The topological polar surface area (TPSA) is 38.9 Å². The van der Waals surface area contributed by atoms with E-state index in [0.29, 0.717) is 33.4 Å². The average Bonchev–Trinajstić information content (AvgIpc) is 3.16. The van der Waals surface area contributed by atoms with Crippen molar-refractivity contribution in [2.45, 2.75) is 25.9 Å². The third-order valence-electron chi connectivity index (χ3n) is 6.06. The first-order chi connectivity index (χ1) is 15.4. The fourth-order valence-corrected chi connectivity index (χ4v) is 4.70. The molecule has 1 aliphatic rings. The molecule has 0 saturated heterocycles. The second-order valence-corrected chi connectivity index (χ2v) is 8.05. The number of furan rings is 1. The summed E-state index contributed by atoms with van der Waals surface area (Å²) in [4.78, 5) is 9.11. The van der Waals surface area contributed by atoms with Crippen LogP contribution in [0.2, 0.25) is 0 Å². The number of aromatic nitrogens is 2. The molecule has 0 saturated carbocycles. The number of benzene rings is 3. The third kappa shape index (κ3) is 2.75. The lowest BCUT2D eigenvalue weighted by atomic mass is 9.96. The van der Waals surface area contributed by atoms with E-state index >= 15 is 0 Å². The van der Waals surface area contributed by atoms with Gasteiger partial charge in [-0.15, -0.1) is 0 Å². The van der Waals surface area contributed by atoms with E-state index in [4.69, 9.17) is 4.42 Å². The first-order valence-corrected chi connectivity index (χ1v) is 10.4. The normalized spacial score (nSPS) is 13.9. The highest BCUT2D eigenvalue weighted by Gasteiger charge is 2.33. The number of hydrogen-bond donors (Lipinski definition) is 0. The van der Waals surface area contributed by atoms with Gasteiger partial charge in [0.15, 0.2) is 0 Å². The molecule has 2 heterocycles. The largest absolute Gasteiger partial charge is 0.456 e. The fourth-order valence-electron chi connectivity index (χ4n) is 4.70. The highest BCUT2D eigenvalue weighted by molar-refractivity contribution is 6.12. The van der Waals surface area contributed by atoms with Crippen molar-refractivity contribution in [3.8, 4) is 11.3 Å². The Kier molecular flexibility index (Phi) is 3.97. The van der Waals surface area contributed by atoms with Gasteiger partial charge in [-0.25, -0.2) is 9.97 Å². The van der Waals surface area contributed by atoms with Crippen molar-refractivity contribution < 1.29 is 17.6 Å². The molecule has 6 rings (SSSR count). The molecule has 158 valence electrons. The van der Waals surface area contributed by atoms with Crippen molar-refractivity contribution in [3.63, 3.8) is 0 Å². The predicted octanol–water partition coefficient (Wildman–Crippen LogP) is 7.48. The zero-order valence-corrected chi connectivity index (χ0v) is 17.1. The summed E-state index contributed by atoms with van der Waals surface area (Å²) in [6.07, 6.45) is 1.42. The third-order valence-corrected chi connectivity index (χ3v) is 6.06. The molecular formula is C26H17F3N2O. The molecule has 0 bridgehead atoms. The van der Waals surface area contributed by atoms with E-state index in [-0.39, 0.29) is 5.39 Å². The smallest absolute Gasteiger partial charge is 0.417 e. The molecule has 6 heteroatoms. The molecule has 0 unspecified atom stereocenters. The van der Waals surface area contributed by atoms with Crippen molar-refractivity contribution in [1.29, 1.82) is 0 Å². The van der Waals surface area contributed by atoms with Crippen molar-refractivity contribution >= 4 is 38.7 Å². The number of halogens is 3. The molecule has 2 aromatic heterocycles. The maximum absolute atomic E-state index is 13.8. The number of aryl methyl sites for hydroxylation is 2. The minimum atomic E-state index is -4.49. The Hall–Kier alpha value is -3.67. The summed E-state index contributed by atoms with van der Waals surface area (Å²) in [5.41, 5.74) is 2.79. The van der Waals surface area contributed by atoms with Crippen molar-refractivity contribution in [1.82, 2.24) is 9.97 Å². The van der Waals surface area contributed by atoms with Crippen LogP contribution in [0, 0.1) is 6.92 Å². The number of rotatable bonds is 1. The van der Waals surface area contributed by atoms with Crippen LogP contribution in [0.25, 0.3) is 50.0 Å². The van der Waals surface area contributed by atoms with Crippen LogP contribution in [-0.4, -0.2) is 9.97 Å². The van der Waals surface area contributed by atoms with E-state index in [1.54, 1.807) is 25.1 Å². The molecule has 32 heavy (non-hydrogen) atoms. The lowest BCUT2D eigenvalue weighted by molar-refractivity contribution is -0.136. The van der Waals surface area contributed by atoms with Gasteiger partial charge < -0.3 is 4.42 Å². The van der Waals surface area contributed by atoms with E-state index in [1.807, 2.05) is 24.3 Å². The Labute approximate surface area is 181 Å². The molecule has 0 amide bonds. The monoisotopic (exact) mass is 430 g/mol. The highest BCUT2D eigenvalue weighted by Crippen LogP contribution is 2.42. The summed E-state index contributed by atoms with van der Waals surface area (Å²) in [5.74, 6) is 1.24. The van der Waals surface area contributed by atoms with Crippen LogP contribution in [0.15, 0.2) is 59.0 Å². The Morgan fingerprint density at radius 2 is 1.78 bits per heavy atom. The predicted molar refractivity (Wildman–Crippen MR) is 119 cm³/mol. The number of nitrogens with zero attached hydrogens (tertiary/aromatic N) is 2. The van der Waals surface area contributed by atoms with Gasteiger partial charge in [-0.2, -0.15) is 13.2 Å². The Balaban J connectivity index is 1.73. The molecule has 0 aliphatic heterocycles. The molecule has 3 aromatic carbocycles. The maximum atomic E-state index is 13.8. The molecule has 3 nitrogen and oxygen atoms in total. The van der Waals surface area contributed by atoms with Crippen molar-refractivity contribution in [2.75, 3.05) is 0 Å². The SMILES string of the molecule is Cc1nc(-c2cccc3c4c(oc23)C=CCC4)c2ccc3cccc(C(F)(F)F)c3c2n1. The first kappa shape index (κ1) is 19.0. The van der Waals surface area contributed by atoms with E-state index in [2.05, 4.69) is 16.0 Å². The molecule has 0 atom stereocenters. The zero-order valence-electron chi connectivity index (χ0n) is 17.1. The second kappa shape index (κ2) is 6.66. The van der Waals surface area contributed by atoms with Crippen LogP contribution in [0.5, 0.6) is 0 Å². The Morgan fingerprint density at radius 1 is 0.938 bits per heavy atom. The second-order valence-electron chi connectivity index (χ2n) is 8.05. The summed E-state index contributed by atoms with van der Waals surface area (Å²) >= 11 is 0. The number of para-hydroxylation sites is 1. The lowest BCUT2D eigenvalue weighted by Gasteiger charge is -2.14. The van der Waals surface area contributed by atoms with Crippen LogP contribution in [0.4, 0.5) is 13.2 Å². The van der Waals surface area contributed by atoms with Gasteiger partial charge in [0.2, 0.25) is 0 Å². The van der Waals surface area contributed by atoms with Gasteiger partial charge in [-0.1, -0.05) is 36.4 Å². The summed E-state index contributed by atoms with van der Waals surface area (Å²) in [5, 5.41) is 2.17. The van der Waals surface area contributed by atoms with Crippen LogP contribution >= 0.6 is 0 Å². The molecule has 0 spiro atoms. The van der Waals surface area contributed by atoms with Crippen molar-refractivity contribution in [3.05, 3.63) is 77.3 Å². The summed E-state index contributed by atoms with van der Waals surface area (Å²) in [6, 6.07) is 13.6. The van der Waals surface area contributed by atoms with Gasteiger partial charge in [0.05, 0.1) is 16.8 Å². The van der Waals surface area contributed by atoms with Crippen molar-refractivity contribution in [2.24, 2.45) is 0 Å². The van der Waals surface area contributed by atoms with Gasteiger partial charge in [-0.3, -0.25) is 0 Å². The Morgan fingerprint density at radius 3 is 2.62 bits per heavy atom. The van der Waals surface area contributed by atoms with Gasteiger partial charge in [0.25, 0.3) is 0 Å². The van der Waals surface area contributed by atoms with Gasteiger partial charge in [-0.05, 0) is 49.4 Å². The summed E-state index contributed by atoms with van der Waals surface area (Å²) < 4.78 is 47.7. The van der Waals surface area contributed by atoms with Gasteiger partial charge >= 0.3 is 6.18 Å². The van der Waals surface area contributed by atoms with Crippen LogP contribution in [-0.2, 0) is 12.6 Å². The zero-order chi connectivity index (χ0) is 22.0. The minimum Gasteiger partial charge on any atom is -0.456 e. The van der Waals surface area contributed by atoms with Crippen LogP contribution in [0.1, 0.15) is 29.1 Å². The van der Waals surface area contributed by atoms with Gasteiger partial charge in [0, 0.05) is 27.3 Å². The van der Waals surface area contributed by atoms with Gasteiger partial charge in [0.1, 0.15) is 17.2 Å². The van der Waals surface area contributed by atoms with E-state index < -0.39 is 11.7 Å². The molecular weight excluding hydrogens is 413 g/mol. The fraction of sp³-hybridized carbons (Fsp3) is 0.154. The molecule has 5 aromatic rings. The highest BCUT2D eigenvalue weighted by atomic mass is 19.4. The first-order valence-electron chi connectivity index (χ1n) is 10.4. The molecule has 1 aliphatic carbocycles. The molecule has 0 radical (unpaired) electrons. The van der Waals surface area contributed by atoms with Crippen LogP contribution < -0.4 is 0 Å². The maximum Gasteiger partial charge on any atom is 0.417 e. The number of fused-ring (bicyclic) bond motifs is 6. The van der Waals surface area contributed by atoms with E-state index in [1.165, 1.54) is 6.07 Å². The number of allylic oxidation sites excluding steroid dienone is 1. The molecule has 0 N–H and O–H groups in total. The number of alkyl halides is 3. The van der Waals surface area contributed by atoms with E-state index in [9.17, 15) is 13.2 Å². The standard InChI is InChI=1S/C26H17F3N2O/c1-14-30-23(19-9-5-8-17-16-7-2-3-11-21(16)32-25(17)19)18-13-12-15-6-4-10-20(26(27,28)29)22(15)24(18)31-14/h3-6,8-13H,2,7H2,1H3. The summed E-state index contributed by atoms with van der Waals surface area (Å²) in [7, 11) is 0. The molecule has 0 fully saturated rings. The summed E-state index contributed by atoms with van der Waals surface area (Å²) in [6.45, 7) is 1.70. The van der Waals surface area contributed by atoms with Crippen LogP contribution in [0.3, 0.4) is 0 Å². The minimum absolute atomic E-state index is 0.0955. The lowest BCUT2D eigenvalue weighted by Crippen LogP contribution is -2.06. The van der Waals surface area contributed by atoms with E-state index in [0.717, 1.165) is 41.2 Å². The quantitative estimate of drug-likeness (QED) is 0.259. The Bertz CT molecular complexity index is 1580. The number of hydrogen-bond acceptors (Lipinski definition) is 3. The average molecular weight is 430 g/mol.